The fourth-order valence-corrected chi connectivity index (χ4v) is 10.7. The van der Waals surface area contributed by atoms with Crippen LogP contribution in [0.25, 0.3) is 9.40 Å². The summed E-state index contributed by atoms with van der Waals surface area (Å²) < 4.78 is 24.0. The Balaban J connectivity index is 1.26. The summed E-state index contributed by atoms with van der Waals surface area (Å²) in [5, 5.41) is 16.6. The number of amides is 4. The van der Waals surface area contributed by atoms with Crippen LogP contribution in [0.1, 0.15) is 93.9 Å². The molecule has 16 nitrogen and oxygen atoms in total. The highest BCUT2D eigenvalue weighted by Crippen LogP contribution is 2.44. The minimum atomic E-state index is -0.530. The summed E-state index contributed by atoms with van der Waals surface area (Å²) in [4.78, 5) is 75.1. The number of amidine groups is 2. The molecule has 4 amide bonds. The maximum atomic E-state index is 13.3. The van der Waals surface area contributed by atoms with Crippen molar-refractivity contribution in [1.82, 2.24) is 20.7 Å². The maximum absolute atomic E-state index is 13.3. The van der Waals surface area contributed by atoms with Gasteiger partial charge in [-0.05, 0) is 49.2 Å². The number of thiophene rings is 2. The predicted octanol–water partition coefficient (Wildman–Crippen LogP) is 6.48. The number of rotatable bonds is 12. The molecule has 0 aliphatic carbocycles. The van der Waals surface area contributed by atoms with E-state index in [2.05, 4.69) is 20.8 Å². The van der Waals surface area contributed by atoms with Crippen LogP contribution in [0.4, 0.5) is 0 Å². The second kappa shape index (κ2) is 18.4. The zero-order chi connectivity index (χ0) is 41.7. The number of carbonyl (C=O) groups is 6. The second-order valence-corrected chi connectivity index (χ2v) is 16.9. The van der Waals surface area contributed by atoms with Gasteiger partial charge in [-0.3, -0.25) is 19.2 Å². The van der Waals surface area contributed by atoms with Crippen LogP contribution in [0.2, 0.25) is 0 Å². The molecular formula is C38H38N6O10S4. The molecule has 2 aromatic carbocycles. The molecule has 2 unspecified atom stereocenters. The minimum Gasteiger partial charge on any atom is -0.489 e. The Morgan fingerprint density at radius 3 is 1.33 bits per heavy atom. The van der Waals surface area contributed by atoms with Crippen molar-refractivity contribution in [3.63, 3.8) is 0 Å². The Kier molecular flexibility index (Phi) is 13.4. The first-order valence-corrected chi connectivity index (χ1v) is 21.2. The van der Waals surface area contributed by atoms with Crippen LogP contribution in [0, 0.1) is 0 Å². The number of nitrogens with zero attached hydrogens (tertiary/aromatic N) is 4. The van der Waals surface area contributed by atoms with Crippen LogP contribution in [-0.4, -0.2) is 69.1 Å². The summed E-state index contributed by atoms with van der Waals surface area (Å²) in [6.45, 7) is 9.13. The van der Waals surface area contributed by atoms with Crippen LogP contribution in [-0.2, 0) is 41.9 Å². The number of thioether (sulfide) groups is 2. The number of benzene rings is 2. The standard InChI is InChI=1S/C38H38N6O10S4/c1-7-51-34(49)30-27(17-53-25-13-9-23(10-14-25)32-43(21(5)47)41-37(57-32)39-19(3)45)29-28(31(35(50)52-8-2)56-36(29)55-30)18-54-26-15-11-24(12-16-26)33-44(22(6)48)42-38(58-33)40-20(4)46/h9-16,32-33H,7-8,17-18H2,1-6H3,(H,39,41,45)(H,40,42,46). The topological polar surface area (TPSA) is 195 Å². The molecule has 58 heavy (non-hydrogen) atoms. The first-order valence-electron chi connectivity index (χ1n) is 17.8. The average Bonchev–Trinajstić information content (AvgIpc) is 3.96. The lowest BCUT2D eigenvalue weighted by molar-refractivity contribution is -0.130. The van der Waals surface area contributed by atoms with E-state index < -0.39 is 22.7 Å². The summed E-state index contributed by atoms with van der Waals surface area (Å²) in [5.41, 5.74) is 2.52. The molecule has 2 aliphatic heterocycles. The van der Waals surface area contributed by atoms with Crippen molar-refractivity contribution in [2.75, 3.05) is 13.2 Å². The van der Waals surface area contributed by atoms with E-state index in [1.54, 1.807) is 62.4 Å². The normalized spacial score (nSPS) is 16.1. The molecule has 4 aromatic rings. The highest BCUT2D eigenvalue weighted by atomic mass is 32.2. The lowest BCUT2D eigenvalue weighted by atomic mass is 10.1. The van der Waals surface area contributed by atoms with Crippen molar-refractivity contribution in [2.24, 2.45) is 10.2 Å². The molecule has 0 saturated heterocycles. The Labute approximate surface area is 349 Å². The maximum Gasteiger partial charge on any atom is 0.348 e. The van der Waals surface area contributed by atoms with Crippen molar-refractivity contribution < 1.29 is 47.7 Å². The molecule has 304 valence electrons. The van der Waals surface area contributed by atoms with E-state index in [4.69, 9.17) is 18.9 Å². The largest absolute Gasteiger partial charge is 0.489 e. The fraction of sp³-hybridized carbons (Fsp3) is 0.316. The number of hydrogen-bond acceptors (Lipinski definition) is 16. The van der Waals surface area contributed by atoms with E-state index >= 15 is 0 Å². The van der Waals surface area contributed by atoms with E-state index in [1.165, 1.54) is 83.9 Å². The van der Waals surface area contributed by atoms with Gasteiger partial charge in [0.05, 0.1) is 17.2 Å². The van der Waals surface area contributed by atoms with Crippen molar-refractivity contribution in [2.45, 2.75) is 65.5 Å². The third-order valence-corrected chi connectivity index (χ3v) is 13.0. The molecule has 0 bridgehead atoms. The molecule has 2 N–H and O–H groups in total. The molecule has 20 heteroatoms. The highest BCUT2D eigenvalue weighted by Gasteiger charge is 2.34. The van der Waals surface area contributed by atoms with Crippen molar-refractivity contribution in [3.8, 4) is 11.5 Å². The number of ether oxygens (including phenoxy) is 4. The van der Waals surface area contributed by atoms with E-state index in [1.807, 2.05) is 0 Å². The van der Waals surface area contributed by atoms with Gasteiger partial charge >= 0.3 is 11.9 Å². The third-order valence-electron chi connectivity index (χ3n) is 8.26. The van der Waals surface area contributed by atoms with Gasteiger partial charge < -0.3 is 29.6 Å². The molecule has 2 aromatic heterocycles. The van der Waals surface area contributed by atoms with Gasteiger partial charge in [0.15, 0.2) is 10.3 Å². The van der Waals surface area contributed by atoms with E-state index in [-0.39, 0.29) is 50.1 Å². The Morgan fingerprint density at radius 1 is 0.621 bits per heavy atom. The van der Waals surface area contributed by atoms with E-state index in [9.17, 15) is 28.8 Å². The van der Waals surface area contributed by atoms with Gasteiger partial charge in [-0.1, -0.05) is 47.8 Å². The first kappa shape index (κ1) is 42.2. The Morgan fingerprint density at radius 2 is 1.00 bits per heavy atom. The zero-order valence-corrected chi connectivity index (χ0v) is 35.4. The highest BCUT2D eigenvalue weighted by molar-refractivity contribution is 8.14. The van der Waals surface area contributed by atoms with Crippen LogP contribution in [0.3, 0.4) is 0 Å². The molecule has 0 spiro atoms. The lowest BCUT2D eigenvalue weighted by Gasteiger charge is -2.19. The smallest absolute Gasteiger partial charge is 0.348 e. The number of nitrogens with one attached hydrogen (secondary N) is 2. The van der Waals surface area contributed by atoms with Gasteiger partial charge in [0.2, 0.25) is 23.6 Å². The van der Waals surface area contributed by atoms with Gasteiger partial charge in [-0.15, -0.1) is 32.9 Å². The molecule has 2 aliphatic rings. The van der Waals surface area contributed by atoms with Gasteiger partial charge in [-0.25, -0.2) is 19.6 Å². The monoisotopic (exact) mass is 866 g/mol. The first-order chi connectivity index (χ1) is 27.8. The second-order valence-electron chi connectivity index (χ2n) is 12.5. The molecule has 6 rings (SSSR count). The number of hydrazone groups is 2. The number of fused-ring (bicyclic) bond motifs is 1. The quantitative estimate of drug-likeness (QED) is 0.148. The SMILES string of the molecule is CCOC(=O)c1sc2sc(C(=O)OCC)c(COc3ccc(C4SC(NC(C)=O)=NN4C(C)=O)cc3)c2c1COc1ccc(C2SC(NC(C)=O)=NN2C(C)=O)cc1. The molecule has 2 atom stereocenters. The summed E-state index contributed by atoms with van der Waals surface area (Å²) >= 11 is 4.85. The van der Waals surface area contributed by atoms with Gasteiger partial charge in [0.25, 0.3) is 0 Å². The van der Waals surface area contributed by atoms with Crippen LogP contribution < -0.4 is 20.1 Å². The molecule has 4 heterocycles. The average molecular weight is 867 g/mol. The molecular weight excluding hydrogens is 829 g/mol. The van der Waals surface area contributed by atoms with Gasteiger partial charge in [0, 0.05) is 44.2 Å². The summed E-state index contributed by atoms with van der Waals surface area (Å²) in [6, 6.07) is 14.1. The van der Waals surface area contributed by atoms with Crippen LogP contribution in [0.15, 0.2) is 58.7 Å². The number of hydrogen-bond donors (Lipinski definition) is 2. The number of esters is 2. The fourth-order valence-electron chi connectivity index (χ4n) is 5.81. The van der Waals surface area contributed by atoms with E-state index in [0.717, 1.165) is 11.1 Å². The summed E-state index contributed by atoms with van der Waals surface area (Å²) in [7, 11) is 0. The zero-order valence-electron chi connectivity index (χ0n) is 32.1. The molecule has 0 fully saturated rings. The third kappa shape index (κ3) is 9.46. The predicted molar refractivity (Wildman–Crippen MR) is 221 cm³/mol. The molecule has 0 radical (unpaired) electrons. The minimum absolute atomic E-state index is 0.0595. The summed E-state index contributed by atoms with van der Waals surface area (Å²) in [6.07, 6.45) is 0. The summed E-state index contributed by atoms with van der Waals surface area (Å²) in [5.74, 6) is -1.31. The van der Waals surface area contributed by atoms with Crippen molar-refractivity contribution in [3.05, 3.63) is 80.5 Å². The van der Waals surface area contributed by atoms with Crippen LogP contribution >= 0.6 is 46.2 Å². The van der Waals surface area contributed by atoms with Crippen molar-refractivity contribution >= 4 is 101 Å². The lowest BCUT2D eigenvalue weighted by Crippen LogP contribution is -2.25. The molecule has 0 saturated carbocycles. The van der Waals surface area contributed by atoms with E-state index in [0.29, 0.717) is 52.1 Å². The Hall–Kier alpha value is -5.44. The van der Waals surface area contributed by atoms with Crippen LogP contribution in [0.5, 0.6) is 11.5 Å². The number of carbonyl (C=O) groups excluding carboxylic acids is 6. The van der Waals surface area contributed by atoms with Crippen molar-refractivity contribution in [1.29, 1.82) is 0 Å². The van der Waals surface area contributed by atoms with Gasteiger partial charge in [-0.2, -0.15) is 0 Å². The van der Waals surface area contributed by atoms with Gasteiger partial charge in [0.1, 0.15) is 45.2 Å². The Bertz CT molecular complexity index is 2170.